The number of anilines is 2. The van der Waals surface area contributed by atoms with Crippen LogP contribution in [0.4, 0.5) is 11.6 Å². The average Bonchev–Trinajstić information content (AvgIpc) is 3.24. The highest BCUT2D eigenvalue weighted by Crippen LogP contribution is 2.29. The molecular formula is C15H12ClN7OS. The zero-order valence-corrected chi connectivity index (χ0v) is 14.8. The van der Waals surface area contributed by atoms with Crippen LogP contribution in [0.2, 0.25) is 5.15 Å². The van der Waals surface area contributed by atoms with Gasteiger partial charge in [0.25, 0.3) is 0 Å². The summed E-state index contributed by atoms with van der Waals surface area (Å²) < 4.78 is 7.89. The number of aryl methyl sites for hydroxylation is 1. The van der Waals surface area contributed by atoms with Crippen molar-refractivity contribution in [2.75, 3.05) is 12.4 Å². The predicted molar refractivity (Wildman–Crippen MR) is 96.2 cm³/mol. The molecule has 1 N–H and O–H groups in total. The number of hydrogen-bond donors (Lipinski definition) is 1. The van der Waals surface area contributed by atoms with E-state index in [1.165, 1.54) is 11.3 Å². The Hall–Kier alpha value is -2.78. The molecule has 0 amide bonds. The van der Waals surface area contributed by atoms with Crippen molar-refractivity contribution in [3.05, 3.63) is 41.0 Å². The zero-order chi connectivity index (χ0) is 17.4. The minimum absolute atomic E-state index is 0.370. The molecule has 1 aromatic carbocycles. The molecule has 0 spiro atoms. The largest absolute Gasteiger partial charge is 0.494 e. The monoisotopic (exact) mass is 373 g/mol. The van der Waals surface area contributed by atoms with Crippen molar-refractivity contribution in [3.8, 4) is 11.4 Å². The number of fused-ring (bicyclic) bond motifs is 1. The van der Waals surface area contributed by atoms with Gasteiger partial charge in [-0.2, -0.15) is 15.1 Å². The molecule has 8 nitrogen and oxygen atoms in total. The molecule has 0 bridgehead atoms. The lowest BCUT2D eigenvalue weighted by Crippen LogP contribution is -2.02. The van der Waals surface area contributed by atoms with Crippen LogP contribution in [-0.4, -0.2) is 36.8 Å². The third-order valence-corrected chi connectivity index (χ3v) is 4.65. The second kappa shape index (κ2) is 6.26. The topological polar surface area (TPSA) is 90.6 Å². The van der Waals surface area contributed by atoms with E-state index in [4.69, 9.17) is 16.3 Å². The molecule has 10 heteroatoms. The fraction of sp³-hybridized carbons (Fsp3) is 0.133. The summed E-state index contributed by atoms with van der Waals surface area (Å²) in [5.41, 5.74) is 3.78. The van der Waals surface area contributed by atoms with Crippen LogP contribution in [0.3, 0.4) is 0 Å². The molecule has 4 rings (SSSR count). The minimum atomic E-state index is 0.370. The van der Waals surface area contributed by atoms with Gasteiger partial charge in [0.1, 0.15) is 28.3 Å². The molecule has 25 heavy (non-hydrogen) atoms. The highest BCUT2D eigenvalue weighted by Gasteiger charge is 2.11. The summed E-state index contributed by atoms with van der Waals surface area (Å²) in [6.07, 6.45) is 1.64. The molecule has 0 aliphatic carbocycles. The van der Waals surface area contributed by atoms with E-state index in [0.717, 1.165) is 16.1 Å². The number of thiazole rings is 1. The third kappa shape index (κ3) is 2.99. The number of rotatable bonds is 4. The SMILES string of the molecule is COc1cc(Nc2nc(Cl)c3scnc3n2)ccc1-n1cnc(C)n1. The van der Waals surface area contributed by atoms with E-state index in [0.29, 0.717) is 28.3 Å². The Bertz CT molecular complexity index is 1060. The fourth-order valence-electron chi connectivity index (χ4n) is 2.32. The van der Waals surface area contributed by atoms with Crippen LogP contribution in [-0.2, 0) is 0 Å². The van der Waals surface area contributed by atoms with Crippen molar-refractivity contribution in [2.24, 2.45) is 0 Å². The Morgan fingerprint density at radius 3 is 2.88 bits per heavy atom. The van der Waals surface area contributed by atoms with Gasteiger partial charge in [-0.3, -0.25) is 0 Å². The first-order valence-electron chi connectivity index (χ1n) is 7.24. The Labute approximate surface area is 151 Å². The molecule has 0 radical (unpaired) electrons. The first kappa shape index (κ1) is 15.7. The van der Waals surface area contributed by atoms with Gasteiger partial charge in [-0.05, 0) is 19.1 Å². The van der Waals surface area contributed by atoms with E-state index in [9.17, 15) is 0 Å². The van der Waals surface area contributed by atoms with Crippen molar-refractivity contribution >= 4 is 44.9 Å². The molecule has 0 fully saturated rings. The first-order valence-corrected chi connectivity index (χ1v) is 8.50. The molecule has 0 unspecified atom stereocenters. The summed E-state index contributed by atoms with van der Waals surface area (Å²) in [7, 11) is 1.60. The molecule has 0 saturated heterocycles. The highest BCUT2D eigenvalue weighted by atomic mass is 35.5. The molecule has 3 aromatic heterocycles. The van der Waals surface area contributed by atoms with E-state index < -0.39 is 0 Å². The van der Waals surface area contributed by atoms with Gasteiger partial charge in [-0.25, -0.2) is 14.6 Å². The van der Waals surface area contributed by atoms with Crippen LogP contribution in [0, 0.1) is 6.92 Å². The number of benzene rings is 1. The van der Waals surface area contributed by atoms with Crippen LogP contribution < -0.4 is 10.1 Å². The third-order valence-electron chi connectivity index (χ3n) is 3.44. The molecular weight excluding hydrogens is 362 g/mol. The molecule has 0 saturated carbocycles. The summed E-state index contributed by atoms with van der Waals surface area (Å²) in [6, 6.07) is 5.57. The summed E-state index contributed by atoms with van der Waals surface area (Å²) >= 11 is 7.58. The average molecular weight is 374 g/mol. The van der Waals surface area contributed by atoms with Gasteiger partial charge >= 0.3 is 0 Å². The van der Waals surface area contributed by atoms with Crippen LogP contribution in [0.15, 0.2) is 30.0 Å². The number of methoxy groups -OCH3 is 1. The lowest BCUT2D eigenvalue weighted by molar-refractivity contribution is 0.412. The van der Waals surface area contributed by atoms with E-state index in [-0.39, 0.29) is 0 Å². The smallest absolute Gasteiger partial charge is 0.230 e. The van der Waals surface area contributed by atoms with Gasteiger partial charge in [-0.1, -0.05) is 11.6 Å². The van der Waals surface area contributed by atoms with Gasteiger partial charge in [0.15, 0.2) is 10.8 Å². The molecule has 0 aliphatic heterocycles. The van der Waals surface area contributed by atoms with Gasteiger partial charge in [0.05, 0.1) is 12.6 Å². The maximum absolute atomic E-state index is 6.17. The van der Waals surface area contributed by atoms with Crippen molar-refractivity contribution in [3.63, 3.8) is 0 Å². The van der Waals surface area contributed by atoms with Crippen LogP contribution in [0.25, 0.3) is 16.0 Å². The van der Waals surface area contributed by atoms with Crippen molar-refractivity contribution in [1.29, 1.82) is 0 Å². The van der Waals surface area contributed by atoms with Gasteiger partial charge in [0.2, 0.25) is 5.95 Å². The predicted octanol–water partition coefficient (Wildman–Crippen LogP) is 3.38. The fourth-order valence-corrected chi connectivity index (χ4v) is 3.22. The van der Waals surface area contributed by atoms with E-state index >= 15 is 0 Å². The Morgan fingerprint density at radius 2 is 2.12 bits per heavy atom. The minimum Gasteiger partial charge on any atom is -0.494 e. The van der Waals surface area contributed by atoms with Gasteiger partial charge in [-0.15, -0.1) is 11.3 Å². The van der Waals surface area contributed by atoms with Crippen LogP contribution in [0.5, 0.6) is 5.75 Å². The van der Waals surface area contributed by atoms with Crippen molar-refractivity contribution < 1.29 is 4.74 Å². The molecule has 3 heterocycles. The van der Waals surface area contributed by atoms with Crippen molar-refractivity contribution in [2.45, 2.75) is 6.92 Å². The molecule has 0 aliphatic rings. The number of ether oxygens (including phenoxy) is 1. The Balaban J connectivity index is 1.68. The Kier molecular flexibility index (Phi) is 3.94. The number of nitrogens with zero attached hydrogens (tertiary/aromatic N) is 6. The number of aromatic nitrogens is 6. The summed E-state index contributed by atoms with van der Waals surface area (Å²) in [5, 5.41) is 7.79. The zero-order valence-electron chi connectivity index (χ0n) is 13.3. The first-order chi connectivity index (χ1) is 12.1. The highest BCUT2D eigenvalue weighted by molar-refractivity contribution is 7.17. The van der Waals surface area contributed by atoms with Crippen LogP contribution >= 0.6 is 22.9 Å². The molecule has 126 valence electrons. The number of halogens is 1. The molecule has 4 aromatic rings. The lowest BCUT2D eigenvalue weighted by Gasteiger charge is -2.11. The summed E-state index contributed by atoms with van der Waals surface area (Å²) in [5.74, 6) is 1.69. The Morgan fingerprint density at radius 1 is 1.24 bits per heavy atom. The van der Waals surface area contributed by atoms with E-state index in [1.807, 2.05) is 25.1 Å². The second-order valence-electron chi connectivity index (χ2n) is 5.09. The maximum Gasteiger partial charge on any atom is 0.230 e. The quantitative estimate of drug-likeness (QED) is 0.548. The van der Waals surface area contributed by atoms with Gasteiger partial charge < -0.3 is 10.1 Å². The number of hydrogen-bond acceptors (Lipinski definition) is 8. The van der Waals surface area contributed by atoms with E-state index in [2.05, 4.69) is 30.4 Å². The van der Waals surface area contributed by atoms with Crippen LogP contribution in [0.1, 0.15) is 5.82 Å². The normalized spacial score (nSPS) is 11.0. The standard InChI is InChI=1S/C15H12ClN7OS/c1-8-17-6-23(22-8)10-4-3-9(5-11(10)24-2)19-15-20-13(16)12-14(21-15)18-7-25-12/h3-7H,1-2H3,(H,19,20,21). The maximum atomic E-state index is 6.17. The number of nitrogens with one attached hydrogen (secondary N) is 1. The lowest BCUT2D eigenvalue weighted by atomic mass is 10.2. The summed E-state index contributed by atoms with van der Waals surface area (Å²) in [6.45, 7) is 1.83. The second-order valence-corrected chi connectivity index (χ2v) is 6.30. The van der Waals surface area contributed by atoms with E-state index in [1.54, 1.807) is 23.6 Å². The summed E-state index contributed by atoms with van der Waals surface area (Å²) in [4.78, 5) is 16.9. The molecule has 0 atom stereocenters. The van der Waals surface area contributed by atoms with Crippen molar-refractivity contribution in [1.82, 2.24) is 29.7 Å². The van der Waals surface area contributed by atoms with Gasteiger partial charge in [0, 0.05) is 11.8 Å².